The van der Waals surface area contributed by atoms with Gasteiger partial charge in [0.1, 0.15) is 30.4 Å². The van der Waals surface area contributed by atoms with Crippen molar-refractivity contribution in [3.63, 3.8) is 0 Å². The van der Waals surface area contributed by atoms with Crippen LogP contribution in [-0.4, -0.2) is 47.1 Å². The van der Waals surface area contributed by atoms with Crippen LogP contribution >= 0.6 is 11.8 Å². The fraction of sp³-hybridized carbons (Fsp3) is 0.261. The normalized spacial score (nSPS) is 19.3. The maximum absolute atomic E-state index is 13.0. The maximum Gasteiger partial charge on any atom is 0.411 e. The molecule has 2 aromatic carbocycles. The SMILES string of the molecule is COc1ccc(COC(=O)C2=C(NC(=O)OCc3ccccc3)CS[C@H]3C(N)C(=O)N23)cc1. The summed E-state index contributed by atoms with van der Waals surface area (Å²) < 4.78 is 15.8. The van der Waals surface area contributed by atoms with E-state index in [1.807, 2.05) is 30.3 Å². The summed E-state index contributed by atoms with van der Waals surface area (Å²) >= 11 is 1.36. The monoisotopic (exact) mass is 469 g/mol. The van der Waals surface area contributed by atoms with Crippen molar-refractivity contribution in [2.75, 3.05) is 12.9 Å². The Labute approximate surface area is 194 Å². The molecule has 2 heterocycles. The van der Waals surface area contributed by atoms with Crippen LogP contribution in [0.25, 0.3) is 0 Å². The minimum atomic E-state index is -0.731. The molecule has 9 nitrogen and oxygen atoms in total. The van der Waals surface area contributed by atoms with Gasteiger partial charge in [0.25, 0.3) is 0 Å². The van der Waals surface area contributed by atoms with Crippen molar-refractivity contribution in [3.8, 4) is 5.75 Å². The zero-order valence-corrected chi connectivity index (χ0v) is 18.7. The van der Waals surface area contributed by atoms with Crippen molar-refractivity contribution >= 4 is 29.7 Å². The van der Waals surface area contributed by atoms with Gasteiger partial charge in [-0.25, -0.2) is 9.59 Å². The average molecular weight is 470 g/mol. The first kappa shape index (κ1) is 22.7. The number of nitrogens with zero attached hydrogens (tertiary/aromatic N) is 1. The topological polar surface area (TPSA) is 120 Å². The van der Waals surface area contributed by atoms with E-state index in [4.69, 9.17) is 19.9 Å². The zero-order chi connectivity index (χ0) is 23.4. The summed E-state index contributed by atoms with van der Waals surface area (Å²) in [5.41, 5.74) is 7.67. The predicted molar refractivity (Wildman–Crippen MR) is 121 cm³/mol. The molecule has 0 aliphatic carbocycles. The molecule has 1 saturated heterocycles. The lowest BCUT2D eigenvalue weighted by Crippen LogP contribution is -2.69. The number of amides is 2. The van der Waals surface area contributed by atoms with E-state index in [1.54, 1.807) is 31.4 Å². The fourth-order valence-corrected chi connectivity index (χ4v) is 4.65. The highest BCUT2D eigenvalue weighted by molar-refractivity contribution is 8.00. The molecule has 1 fully saturated rings. The molecule has 0 bridgehead atoms. The number of rotatable bonds is 7. The fourth-order valence-electron chi connectivity index (χ4n) is 3.42. The van der Waals surface area contributed by atoms with Gasteiger partial charge < -0.3 is 19.9 Å². The number of methoxy groups -OCH3 is 1. The number of nitrogens with one attached hydrogen (secondary N) is 1. The van der Waals surface area contributed by atoms with E-state index in [9.17, 15) is 14.4 Å². The van der Waals surface area contributed by atoms with Crippen molar-refractivity contribution in [2.24, 2.45) is 5.73 Å². The third-order valence-corrected chi connectivity index (χ3v) is 6.50. The third kappa shape index (κ3) is 4.96. The van der Waals surface area contributed by atoms with Crippen LogP contribution in [0.15, 0.2) is 66.0 Å². The first-order valence-electron chi connectivity index (χ1n) is 10.2. The molecule has 3 N–H and O–H groups in total. The Balaban J connectivity index is 1.47. The molecule has 172 valence electrons. The van der Waals surface area contributed by atoms with Crippen LogP contribution in [0.3, 0.4) is 0 Å². The van der Waals surface area contributed by atoms with E-state index in [1.165, 1.54) is 16.7 Å². The van der Waals surface area contributed by atoms with E-state index in [-0.39, 0.29) is 35.7 Å². The Hall–Kier alpha value is -3.50. The zero-order valence-electron chi connectivity index (χ0n) is 17.9. The molecule has 0 saturated carbocycles. The Kier molecular flexibility index (Phi) is 6.85. The minimum Gasteiger partial charge on any atom is -0.497 e. The first-order valence-corrected chi connectivity index (χ1v) is 11.2. The van der Waals surface area contributed by atoms with Crippen molar-refractivity contribution < 1.29 is 28.6 Å². The van der Waals surface area contributed by atoms with Crippen molar-refractivity contribution in [2.45, 2.75) is 24.6 Å². The number of hydrogen-bond acceptors (Lipinski definition) is 8. The number of esters is 1. The Morgan fingerprint density at radius 1 is 1.06 bits per heavy atom. The lowest BCUT2D eigenvalue weighted by atomic mass is 10.1. The second-order valence-electron chi connectivity index (χ2n) is 7.37. The van der Waals surface area contributed by atoms with Crippen LogP contribution in [-0.2, 0) is 32.3 Å². The molecular weight excluding hydrogens is 446 g/mol. The molecule has 10 heteroatoms. The quantitative estimate of drug-likeness (QED) is 0.467. The predicted octanol–water partition coefficient (Wildman–Crippen LogP) is 2.12. The minimum absolute atomic E-state index is 0.00997. The highest BCUT2D eigenvalue weighted by Gasteiger charge is 2.52. The highest BCUT2D eigenvalue weighted by Crippen LogP contribution is 2.39. The highest BCUT2D eigenvalue weighted by atomic mass is 32.2. The number of alkyl carbamates (subject to hydrolysis) is 1. The van der Waals surface area contributed by atoms with Crippen LogP contribution in [0.4, 0.5) is 4.79 Å². The van der Waals surface area contributed by atoms with Crippen LogP contribution in [0.1, 0.15) is 11.1 Å². The smallest absolute Gasteiger partial charge is 0.411 e. The second kappa shape index (κ2) is 9.97. The molecular formula is C23H23N3O6S. The van der Waals surface area contributed by atoms with Crippen LogP contribution in [0.5, 0.6) is 5.75 Å². The van der Waals surface area contributed by atoms with E-state index < -0.39 is 24.0 Å². The largest absolute Gasteiger partial charge is 0.497 e. The molecule has 2 atom stereocenters. The lowest BCUT2D eigenvalue weighted by Gasteiger charge is -2.48. The number of β-lactam (4-membered cyclic amide) rings is 1. The summed E-state index contributed by atoms with van der Waals surface area (Å²) in [6.45, 7) is 0.0600. The molecule has 0 radical (unpaired) electrons. The van der Waals surface area contributed by atoms with Gasteiger partial charge in [0, 0.05) is 5.75 Å². The molecule has 2 amide bonds. The van der Waals surface area contributed by atoms with Gasteiger partial charge in [0.15, 0.2) is 5.70 Å². The molecule has 33 heavy (non-hydrogen) atoms. The number of benzene rings is 2. The number of fused-ring (bicyclic) bond motifs is 1. The average Bonchev–Trinajstić information content (AvgIpc) is 2.86. The number of carbonyl (C=O) groups excluding carboxylic acids is 3. The van der Waals surface area contributed by atoms with Crippen LogP contribution in [0.2, 0.25) is 0 Å². The van der Waals surface area contributed by atoms with Gasteiger partial charge in [-0.05, 0) is 23.3 Å². The summed E-state index contributed by atoms with van der Waals surface area (Å²) in [5, 5.41) is 2.22. The number of nitrogens with two attached hydrogens (primary N) is 1. The first-order chi connectivity index (χ1) is 16.0. The van der Waals surface area contributed by atoms with E-state index in [2.05, 4.69) is 5.32 Å². The molecule has 0 spiro atoms. The van der Waals surface area contributed by atoms with Gasteiger partial charge in [-0.15, -0.1) is 11.8 Å². The molecule has 1 unspecified atom stereocenters. The van der Waals surface area contributed by atoms with Crippen LogP contribution in [0, 0.1) is 0 Å². The van der Waals surface area contributed by atoms with Gasteiger partial charge in [-0.1, -0.05) is 42.5 Å². The Morgan fingerprint density at radius 3 is 2.42 bits per heavy atom. The van der Waals surface area contributed by atoms with Gasteiger partial charge in [0.2, 0.25) is 5.91 Å². The molecule has 0 aromatic heterocycles. The molecule has 4 rings (SSSR count). The standard InChI is InChI=1S/C23H23N3O6S/c1-30-16-9-7-15(8-10-16)11-31-22(28)19-17(13-33-21-18(24)20(27)26(19)21)25-23(29)32-12-14-5-3-2-4-6-14/h2-10,18,21H,11-13,24H2,1H3,(H,25,29)/t18?,21-/m0/s1. The van der Waals surface area contributed by atoms with E-state index >= 15 is 0 Å². The van der Waals surface area contributed by atoms with Gasteiger partial charge in [-0.2, -0.15) is 0 Å². The number of ether oxygens (including phenoxy) is 3. The van der Waals surface area contributed by atoms with Crippen molar-refractivity contribution in [1.29, 1.82) is 0 Å². The summed E-state index contributed by atoms with van der Waals surface area (Å²) in [5.74, 6) is -0.175. The maximum atomic E-state index is 13.0. The third-order valence-electron chi connectivity index (χ3n) is 5.20. The second-order valence-corrected chi connectivity index (χ2v) is 8.48. The Bertz CT molecular complexity index is 1070. The number of carbonyl (C=O) groups is 3. The lowest BCUT2D eigenvalue weighted by molar-refractivity contribution is -0.151. The molecule has 2 aliphatic rings. The van der Waals surface area contributed by atoms with Crippen molar-refractivity contribution in [1.82, 2.24) is 10.2 Å². The van der Waals surface area contributed by atoms with Gasteiger partial charge in [-0.3, -0.25) is 15.0 Å². The Morgan fingerprint density at radius 2 is 1.73 bits per heavy atom. The summed E-state index contributed by atoms with van der Waals surface area (Å²) in [6.07, 6.45) is -0.731. The van der Waals surface area contributed by atoms with E-state index in [0.29, 0.717) is 5.75 Å². The molecule has 2 aliphatic heterocycles. The van der Waals surface area contributed by atoms with E-state index in [0.717, 1.165) is 11.1 Å². The van der Waals surface area contributed by atoms with Gasteiger partial charge >= 0.3 is 12.1 Å². The number of hydrogen-bond donors (Lipinski definition) is 2. The summed E-state index contributed by atoms with van der Waals surface area (Å²) in [7, 11) is 1.56. The molecule has 2 aromatic rings. The summed E-state index contributed by atoms with van der Waals surface area (Å²) in [6, 6.07) is 15.5. The summed E-state index contributed by atoms with van der Waals surface area (Å²) in [4.78, 5) is 39.0. The van der Waals surface area contributed by atoms with Crippen molar-refractivity contribution in [3.05, 3.63) is 77.1 Å². The van der Waals surface area contributed by atoms with Crippen LogP contribution < -0.4 is 15.8 Å². The number of thioether (sulfide) groups is 1. The van der Waals surface area contributed by atoms with Gasteiger partial charge in [0.05, 0.1) is 12.8 Å².